The molecule has 0 radical (unpaired) electrons. The summed E-state index contributed by atoms with van der Waals surface area (Å²) >= 11 is 0. The molecule has 2 unspecified atom stereocenters. The van der Waals surface area contributed by atoms with Gasteiger partial charge in [0, 0.05) is 12.8 Å². The van der Waals surface area contributed by atoms with E-state index in [2.05, 4.69) is 43.5 Å². The lowest BCUT2D eigenvalue weighted by Gasteiger charge is -2.22. The van der Waals surface area contributed by atoms with Gasteiger partial charge in [0.05, 0.1) is 25.4 Å². The van der Waals surface area contributed by atoms with E-state index in [0.29, 0.717) is 25.9 Å². The number of unbranched alkanes of at least 4 members (excludes halogenated alkanes) is 40. The van der Waals surface area contributed by atoms with Crippen LogP contribution < -0.4 is 5.32 Å². The third-order valence-corrected chi connectivity index (χ3v) is 13.7. The Bertz CT molecular complexity index is 1030. The Hall–Kier alpha value is -1.66. The van der Waals surface area contributed by atoms with Crippen molar-refractivity contribution in [1.82, 2.24) is 5.32 Å². The fourth-order valence-electron chi connectivity index (χ4n) is 9.16. The Morgan fingerprint density at radius 1 is 0.409 bits per heavy atom. The van der Waals surface area contributed by atoms with Gasteiger partial charge in [0.25, 0.3) is 0 Å². The molecule has 0 aliphatic carbocycles. The van der Waals surface area contributed by atoms with Crippen LogP contribution in [0.4, 0.5) is 0 Å². The summed E-state index contributed by atoms with van der Waals surface area (Å²) in [5.74, 6) is -0.0882. The van der Waals surface area contributed by atoms with Crippen molar-refractivity contribution in [2.45, 2.75) is 334 Å². The molecule has 0 bridgehead atoms. The van der Waals surface area contributed by atoms with Crippen LogP contribution >= 0.6 is 0 Å². The molecule has 0 rings (SSSR count). The van der Waals surface area contributed by atoms with Crippen LogP contribution in [0.3, 0.4) is 0 Å². The van der Waals surface area contributed by atoms with Gasteiger partial charge < -0.3 is 20.3 Å². The lowest BCUT2D eigenvalue weighted by atomic mass is 10.0. The van der Waals surface area contributed by atoms with Crippen LogP contribution in [0, 0.1) is 0 Å². The van der Waals surface area contributed by atoms with Gasteiger partial charge in [-0.25, -0.2) is 0 Å². The molecule has 0 saturated carbocycles. The van der Waals surface area contributed by atoms with E-state index in [1.54, 1.807) is 0 Å². The van der Waals surface area contributed by atoms with Crippen molar-refractivity contribution in [3.8, 4) is 0 Å². The van der Waals surface area contributed by atoms with Gasteiger partial charge >= 0.3 is 5.97 Å². The van der Waals surface area contributed by atoms with E-state index in [1.165, 1.54) is 212 Å². The molecule has 2 atom stereocenters. The molecule has 0 saturated heterocycles. The minimum Gasteiger partial charge on any atom is -0.466 e. The van der Waals surface area contributed by atoms with Crippen LogP contribution in [-0.2, 0) is 14.3 Å². The van der Waals surface area contributed by atoms with Crippen LogP contribution in [0.15, 0.2) is 24.3 Å². The van der Waals surface area contributed by atoms with Gasteiger partial charge in [0.15, 0.2) is 0 Å². The van der Waals surface area contributed by atoms with Crippen molar-refractivity contribution < 1.29 is 24.5 Å². The monoisotopic (exact) mass is 930 g/mol. The summed E-state index contributed by atoms with van der Waals surface area (Å²) in [5.41, 5.74) is 0. The van der Waals surface area contributed by atoms with E-state index in [0.717, 1.165) is 77.0 Å². The Morgan fingerprint density at radius 3 is 1.08 bits per heavy atom. The molecule has 0 aromatic carbocycles. The van der Waals surface area contributed by atoms with Gasteiger partial charge in [-0.15, -0.1) is 0 Å². The predicted octanol–water partition coefficient (Wildman–Crippen LogP) is 18.2. The zero-order chi connectivity index (χ0) is 47.9. The number of aliphatic hydroxyl groups is 2. The molecular weight excluding hydrogens is 815 g/mol. The Morgan fingerprint density at radius 2 is 0.712 bits per heavy atom. The molecule has 0 aromatic heterocycles. The topological polar surface area (TPSA) is 95.9 Å². The Labute approximate surface area is 411 Å². The van der Waals surface area contributed by atoms with E-state index in [9.17, 15) is 19.8 Å². The average molecular weight is 931 g/mol. The van der Waals surface area contributed by atoms with Crippen molar-refractivity contribution >= 4 is 11.9 Å². The first-order valence-corrected chi connectivity index (χ1v) is 29.6. The van der Waals surface area contributed by atoms with Crippen molar-refractivity contribution in [3.05, 3.63) is 24.3 Å². The molecule has 0 aliphatic rings. The normalized spacial score (nSPS) is 12.7. The third kappa shape index (κ3) is 51.7. The first kappa shape index (κ1) is 64.3. The second kappa shape index (κ2) is 55.9. The van der Waals surface area contributed by atoms with Crippen molar-refractivity contribution in [2.24, 2.45) is 0 Å². The van der Waals surface area contributed by atoms with E-state index in [1.807, 2.05) is 0 Å². The van der Waals surface area contributed by atoms with Gasteiger partial charge in [-0.2, -0.15) is 0 Å². The lowest BCUT2D eigenvalue weighted by Crippen LogP contribution is -2.45. The number of hydrogen-bond donors (Lipinski definition) is 3. The van der Waals surface area contributed by atoms with Gasteiger partial charge in [-0.3, -0.25) is 9.59 Å². The fraction of sp³-hybridized carbons (Fsp3) is 0.900. The minimum atomic E-state index is -0.682. The molecule has 6 nitrogen and oxygen atoms in total. The minimum absolute atomic E-state index is 0.0299. The maximum absolute atomic E-state index is 12.5. The Balaban J connectivity index is 3.49. The highest BCUT2D eigenvalue weighted by molar-refractivity contribution is 5.76. The number of nitrogens with one attached hydrogen (secondary N) is 1. The molecular formula is C60H115NO5. The number of ether oxygens (including phenoxy) is 1. The van der Waals surface area contributed by atoms with Crippen LogP contribution in [-0.4, -0.2) is 47.4 Å². The van der Waals surface area contributed by atoms with E-state index >= 15 is 0 Å². The van der Waals surface area contributed by atoms with E-state index in [-0.39, 0.29) is 18.5 Å². The van der Waals surface area contributed by atoms with Crippen molar-refractivity contribution in [3.63, 3.8) is 0 Å². The standard InChI is InChI=1S/C60H115NO5/c1-3-5-7-9-11-13-15-17-19-20-21-22-23-24-25-27-28-32-36-40-44-48-52-58(63)57(56-62)61-59(64)53-49-45-41-37-33-30-31-35-39-43-47-51-55-66-60(65)54-50-46-42-38-34-29-26-18-16-14-12-10-8-6-4-2/h18,26,31,35,57-58,62-63H,3-17,19-25,27-30,32-34,36-56H2,1-2H3,(H,61,64)/b26-18-,35-31-. The van der Waals surface area contributed by atoms with E-state index in [4.69, 9.17) is 4.74 Å². The third-order valence-electron chi connectivity index (χ3n) is 13.7. The maximum Gasteiger partial charge on any atom is 0.305 e. The molecule has 3 N–H and O–H groups in total. The number of rotatable bonds is 55. The summed E-state index contributed by atoms with van der Waals surface area (Å²) in [6.45, 7) is 4.90. The maximum atomic E-state index is 12.5. The zero-order valence-electron chi connectivity index (χ0n) is 44.4. The molecule has 0 spiro atoms. The van der Waals surface area contributed by atoms with Gasteiger partial charge in [0.1, 0.15) is 0 Å². The largest absolute Gasteiger partial charge is 0.466 e. The molecule has 66 heavy (non-hydrogen) atoms. The second-order valence-electron chi connectivity index (χ2n) is 20.3. The molecule has 0 aromatic rings. The van der Waals surface area contributed by atoms with Gasteiger partial charge in [-0.05, 0) is 83.5 Å². The van der Waals surface area contributed by atoms with Crippen molar-refractivity contribution in [1.29, 1.82) is 0 Å². The summed E-state index contributed by atoms with van der Waals surface area (Å²) in [6.07, 6.45) is 67.4. The van der Waals surface area contributed by atoms with Gasteiger partial charge in [-0.1, -0.05) is 250 Å². The first-order valence-electron chi connectivity index (χ1n) is 29.6. The highest BCUT2D eigenvalue weighted by Crippen LogP contribution is 2.17. The van der Waals surface area contributed by atoms with E-state index < -0.39 is 12.1 Å². The highest BCUT2D eigenvalue weighted by atomic mass is 16.5. The number of aliphatic hydroxyl groups excluding tert-OH is 2. The van der Waals surface area contributed by atoms with Gasteiger partial charge in [0.2, 0.25) is 5.91 Å². The fourth-order valence-corrected chi connectivity index (χ4v) is 9.16. The number of esters is 1. The smallest absolute Gasteiger partial charge is 0.305 e. The number of carbonyl (C=O) groups excluding carboxylic acids is 2. The highest BCUT2D eigenvalue weighted by Gasteiger charge is 2.20. The summed E-state index contributed by atoms with van der Waals surface area (Å²) < 4.78 is 5.45. The SMILES string of the molecule is CCCCCCCC/C=C\CCCCCCCC(=O)OCCCCC/C=C\CCCCCCCC(=O)NC(CO)C(O)CCCCCCCCCCCCCCCCCCCCCCCC. The molecule has 0 heterocycles. The number of carbonyl (C=O) groups is 2. The summed E-state index contributed by atoms with van der Waals surface area (Å²) in [7, 11) is 0. The molecule has 390 valence electrons. The summed E-state index contributed by atoms with van der Waals surface area (Å²) in [6, 6.07) is -0.561. The average Bonchev–Trinajstić information content (AvgIpc) is 3.32. The van der Waals surface area contributed by atoms with Crippen molar-refractivity contribution in [2.75, 3.05) is 13.2 Å². The summed E-state index contributed by atoms with van der Waals surface area (Å²) in [4.78, 5) is 24.5. The molecule has 0 fully saturated rings. The Kier molecular flexibility index (Phi) is 54.5. The lowest BCUT2D eigenvalue weighted by molar-refractivity contribution is -0.143. The molecule has 0 aliphatic heterocycles. The predicted molar refractivity (Wildman–Crippen MR) is 287 cm³/mol. The molecule has 6 heteroatoms. The number of amides is 1. The first-order chi connectivity index (χ1) is 32.5. The summed E-state index contributed by atoms with van der Waals surface area (Å²) in [5, 5.41) is 23.3. The second-order valence-corrected chi connectivity index (χ2v) is 20.3. The quantitative estimate of drug-likeness (QED) is 0.0321. The van der Waals surface area contributed by atoms with Crippen LogP contribution in [0.5, 0.6) is 0 Å². The van der Waals surface area contributed by atoms with Crippen LogP contribution in [0.2, 0.25) is 0 Å². The zero-order valence-corrected chi connectivity index (χ0v) is 44.4. The number of allylic oxidation sites excluding steroid dienone is 4. The van der Waals surface area contributed by atoms with Crippen LogP contribution in [0.1, 0.15) is 322 Å². The molecule has 1 amide bonds. The number of hydrogen-bond acceptors (Lipinski definition) is 5. The van der Waals surface area contributed by atoms with Crippen LogP contribution in [0.25, 0.3) is 0 Å².